The molecule has 4 heteroatoms. The summed E-state index contributed by atoms with van der Waals surface area (Å²) in [5, 5.41) is 2.26. The van der Waals surface area contributed by atoms with Gasteiger partial charge >= 0.3 is 6.09 Å². The molecule has 0 saturated carbocycles. The van der Waals surface area contributed by atoms with Crippen LogP contribution in [0.15, 0.2) is 40.9 Å². The molecule has 0 spiro atoms. The van der Waals surface area contributed by atoms with E-state index in [1.807, 2.05) is 30.3 Å². The minimum atomic E-state index is -0.263. The first kappa shape index (κ1) is 10.6. The van der Waals surface area contributed by atoms with Crippen molar-refractivity contribution >= 4 is 38.5 Å². The molecule has 0 radical (unpaired) electrons. The molecule has 2 aromatic rings. The molecule has 0 bridgehead atoms. The molecule has 17 heavy (non-hydrogen) atoms. The van der Waals surface area contributed by atoms with Gasteiger partial charge in [-0.3, -0.25) is 4.90 Å². The summed E-state index contributed by atoms with van der Waals surface area (Å²) in [6.45, 7) is 1.10. The van der Waals surface area contributed by atoms with Crippen molar-refractivity contribution in [1.82, 2.24) is 0 Å². The van der Waals surface area contributed by atoms with E-state index < -0.39 is 0 Å². The molecule has 0 unspecified atom stereocenters. The van der Waals surface area contributed by atoms with Crippen molar-refractivity contribution in [3.8, 4) is 0 Å². The van der Waals surface area contributed by atoms with Crippen molar-refractivity contribution in [2.45, 2.75) is 0 Å². The quantitative estimate of drug-likeness (QED) is 0.804. The number of hydrogen-bond acceptors (Lipinski definition) is 2. The summed E-state index contributed by atoms with van der Waals surface area (Å²) < 4.78 is 5.98. The summed E-state index contributed by atoms with van der Waals surface area (Å²) in [6, 6.07) is 12.1. The van der Waals surface area contributed by atoms with E-state index in [4.69, 9.17) is 4.74 Å². The van der Waals surface area contributed by atoms with Gasteiger partial charge in [-0.2, -0.15) is 0 Å². The second-order valence-corrected chi connectivity index (χ2v) is 4.86. The van der Waals surface area contributed by atoms with E-state index in [1.54, 1.807) is 4.90 Å². The number of anilines is 1. The summed E-state index contributed by atoms with van der Waals surface area (Å²) in [5.74, 6) is 0. The van der Waals surface area contributed by atoms with Crippen LogP contribution in [-0.4, -0.2) is 19.2 Å². The Balaban J connectivity index is 2.07. The summed E-state index contributed by atoms with van der Waals surface area (Å²) in [6.07, 6.45) is -0.263. The minimum Gasteiger partial charge on any atom is -0.447 e. The Labute approximate surface area is 107 Å². The van der Waals surface area contributed by atoms with Crippen LogP contribution in [-0.2, 0) is 4.74 Å². The normalized spacial score (nSPS) is 15.4. The van der Waals surface area contributed by atoms with E-state index >= 15 is 0 Å². The number of nitrogens with zero attached hydrogens (tertiary/aromatic N) is 1. The van der Waals surface area contributed by atoms with Crippen LogP contribution in [0.4, 0.5) is 10.5 Å². The number of halogens is 1. The number of benzene rings is 2. The van der Waals surface area contributed by atoms with E-state index in [2.05, 4.69) is 22.0 Å². The lowest BCUT2D eigenvalue weighted by molar-refractivity contribution is 0.181. The summed E-state index contributed by atoms with van der Waals surface area (Å²) in [7, 11) is 0. The molecule has 0 atom stereocenters. The third-order valence-electron chi connectivity index (χ3n) is 2.86. The maximum Gasteiger partial charge on any atom is 0.414 e. The smallest absolute Gasteiger partial charge is 0.414 e. The number of carbonyl (C=O) groups is 1. The average molecular weight is 292 g/mol. The lowest BCUT2D eigenvalue weighted by Gasteiger charge is -2.13. The number of rotatable bonds is 1. The second kappa shape index (κ2) is 4.04. The highest BCUT2D eigenvalue weighted by Crippen LogP contribution is 2.26. The number of fused-ring (bicyclic) bond motifs is 1. The van der Waals surface area contributed by atoms with Gasteiger partial charge in [0.1, 0.15) is 6.61 Å². The van der Waals surface area contributed by atoms with E-state index in [0.717, 1.165) is 20.9 Å². The van der Waals surface area contributed by atoms with Gasteiger partial charge in [0.15, 0.2) is 0 Å². The highest BCUT2D eigenvalue weighted by Gasteiger charge is 2.23. The summed E-state index contributed by atoms with van der Waals surface area (Å²) in [4.78, 5) is 13.1. The highest BCUT2D eigenvalue weighted by molar-refractivity contribution is 9.10. The van der Waals surface area contributed by atoms with Gasteiger partial charge in [0.25, 0.3) is 0 Å². The van der Waals surface area contributed by atoms with Gasteiger partial charge in [0.05, 0.1) is 6.54 Å². The molecule has 2 aromatic carbocycles. The van der Waals surface area contributed by atoms with Crippen molar-refractivity contribution in [2.24, 2.45) is 0 Å². The van der Waals surface area contributed by atoms with Crippen LogP contribution in [0.1, 0.15) is 0 Å². The van der Waals surface area contributed by atoms with Crippen molar-refractivity contribution in [3.05, 3.63) is 40.9 Å². The molecule has 1 amide bonds. The Hall–Kier alpha value is -1.55. The number of ether oxygens (including phenoxy) is 1. The van der Waals surface area contributed by atoms with Crippen LogP contribution in [0.3, 0.4) is 0 Å². The summed E-state index contributed by atoms with van der Waals surface area (Å²) in [5.41, 5.74) is 0.891. The fourth-order valence-electron chi connectivity index (χ4n) is 2.00. The number of hydrogen-bond donors (Lipinski definition) is 0. The molecular formula is C13H10BrNO2. The highest BCUT2D eigenvalue weighted by atomic mass is 79.9. The zero-order valence-electron chi connectivity index (χ0n) is 9.02. The molecule has 0 aromatic heterocycles. The van der Waals surface area contributed by atoms with Gasteiger partial charge in [0.2, 0.25) is 0 Å². The predicted molar refractivity (Wildman–Crippen MR) is 70.3 cm³/mol. The third-order valence-corrected chi connectivity index (χ3v) is 3.35. The number of carbonyl (C=O) groups excluding carboxylic acids is 1. The Morgan fingerprint density at radius 3 is 2.65 bits per heavy atom. The lowest BCUT2D eigenvalue weighted by atomic mass is 10.1. The largest absolute Gasteiger partial charge is 0.447 e. The topological polar surface area (TPSA) is 29.5 Å². The molecule has 3 rings (SSSR count). The third kappa shape index (κ3) is 1.89. The fraction of sp³-hybridized carbons (Fsp3) is 0.154. The van der Waals surface area contributed by atoms with E-state index in [9.17, 15) is 4.79 Å². The molecule has 0 N–H and O–H groups in total. The van der Waals surface area contributed by atoms with Crippen molar-refractivity contribution < 1.29 is 9.53 Å². The van der Waals surface area contributed by atoms with Gasteiger partial charge in [-0.15, -0.1) is 0 Å². The van der Waals surface area contributed by atoms with E-state index in [0.29, 0.717) is 13.2 Å². The zero-order chi connectivity index (χ0) is 11.8. The Morgan fingerprint density at radius 1 is 1.12 bits per heavy atom. The van der Waals surface area contributed by atoms with Crippen molar-refractivity contribution in [2.75, 3.05) is 18.1 Å². The molecule has 1 heterocycles. The second-order valence-electron chi connectivity index (χ2n) is 3.94. The zero-order valence-corrected chi connectivity index (χ0v) is 10.6. The van der Waals surface area contributed by atoms with Gasteiger partial charge in [-0.1, -0.05) is 28.1 Å². The Bertz CT molecular complexity index is 597. The maximum atomic E-state index is 11.5. The predicted octanol–water partition coefficient (Wildman–Crippen LogP) is 3.56. The standard InChI is InChI=1S/C13H10BrNO2/c14-11-3-1-10-8-12(4-2-9(10)7-11)15-5-6-17-13(15)16/h1-4,7-8H,5-6H2. The molecule has 86 valence electrons. The molecule has 3 nitrogen and oxygen atoms in total. The first-order valence-electron chi connectivity index (χ1n) is 5.38. The SMILES string of the molecule is O=C1OCCN1c1ccc2cc(Br)ccc2c1. The molecule has 1 aliphatic heterocycles. The molecular weight excluding hydrogens is 282 g/mol. The molecule has 0 aliphatic carbocycles. The molecule has 1 saturated heterocycles. The Kier molecular flexibility index (Phi) is 2.52. The van der Waals surface area contributed by atoms with Crippen LogP contribution in [0, 0.1) is 0 Å². The van der Waals surface area contributed by atoms with Gasteiger partial charge in [0, 0.05) is 10.2 Å². The van der Waals surface area contributed by atoms with Crippen LogP contribution in [0.25, 0.3) is 10.8 Å². The summed E-state index contributed by atoms with van der Waals surface area (Å²) >= 11 is 3.44. The number of cyclic esters (lactones) is 1. The van der Waals surface area contributed by atoms with Gasteiger partial charge < -0.3 is 4.74 Å². The van der Waals surface area contributed by atoms with Crippen LogP contribution >= 0.6 is 15.9 Å². The lowest BCUT2D eigenvalue weighted by Crippen LogP contribution is -2.23. The van der Waals surface area contributed by atoms with Crippen LogP contribution in [0.5, 0.6) is 0 Å². The molecule has 1 fully saturated rings. The van der Waals surface area contributed by atoms with E-state index in [-0.39, 0.29) is 6.09 Å². The van der Waals surface area contributed by atoms with Crippen molar-refractivity contribution in [3.63, 3.8) is 0 Å². The van der Waals surface area contributed by atoms with Crippen LogP contribution < -0.4 is 4.90 Å². The van der Waals surface area contributed by atoms with Gasteiger partial charge in [-0.25, -0.2) is 4.79 Å². The van der Waals surface area contributed by atoms with E-state index in [1.165, 1.54) is 0 Å². The first-order chi connectivity index (χ1) is 8.24. The minimum absolute atomic E-state index is 0.263. The monoisotopic (exact) mass is 291 g/mol. The average Bonchev–Trinajstić information content (AvgIpc) is 2.75. The molecule has 1 aliphatic rings. The van der Waals surface area contributed by atoms with Crippen LogP contribution in [0.2, 0.25) is 0 Å². The fourth-order valence-corrected chi connectivity index (χ4v) is 2.38. The first-order valence-corrected chi connectivity index (χ1v) is 6.17. The number of amides is 1. The van der Waals surface area contributed by atoms with Crippen molar-refractivity contribution in [1.29, 1.82) is 0 Å². The Morgan fingerprint density at radius 2 is 1.88 bits per heavy atom. The maximum absolute atomic E-state index is 11.5. The van der Waals surface area contributed by atoms with Gasteiger partial charge in [-0.05, 0) is 35.0 Å².